The molecule has 3 nitrogen and oxygen atoms in total. The second-order valence-corrected chi connectivity index (χ2v) is 6.01. The van der Waals surface area contributed by atoms with Crippen molar-refractivity contribution in [3.05, 3.63) is 0 Å². The van der Waals surface area contributed by atoms with E-state index in [0.29, 0.717) is 24.5 Å². The Morgan fingerprint density at radius 2 is 1.88 bits per heavy atom. The first-order valence-corrected chi connectivity index (χ1v) is 7.38. The molecule has 0 spiro atoms. The second kappa shape index (κ2) is 6.72. The lowest BCUT2D eigenvalue weighted by molar-refractivity contribution is 0.102. The summed E-state index contributed by atoms with van der Waals surface area (Å²) in [4.78, 5) is 2.54. The molecule has 0 radical (unpaired) electrons. The van der Waals surface area contributed by atoms with Gasteiger partial charge in [-0.15, -0.1) is 0 Å². The van der Waals surface area contributed by atoms with Crippen molar-refractivity contribution in [3.8, 4) is 0 Å². The molecule has 2 rings (SSSR count). The van der Waals surface area contributed by atoms with Crippen molar-refractivity contribution < 1.29 is 5.11 Å². The van der Waals surface area contributed by atoms with Crippen LogP contribution < -0.4 is 5.73 Å². The molecule has 17 heavy (non-hydrogen) atoms. The zero-order valence-electron chi connectivity index (χ0n) is 11.0. The van der Waals surface area contributed by atoms with Crippen molar-refractivity contribution in [1.29, 1.82) is 0 Å². The third-order valence-corrected chi connectivity index (χ3v) is 4.57. The fraction of sp³-hybridized carbons (Fsp3) is 1.00. The fourth-order valence-electron chi connectivity index (χ4n) is 3.44. The van der Waals surface area contributed by atoms with Gasteiger partial charge in [0.05, 0.1) is 0 Å². The summed E-state index contributed by atoms with van der Waals surface area (Å²) in [5, 5.41) is 9.26. The van der Waals surface area contributed by atoms with E-state index < -0.39 is 0 Å². The zero-order valence-corrected chi connectivity index (χ0v) is 11.0. The molecule has 1 heterocycles. The number of rotatable bonds is 3. The molecule has 2 fully saturated rings. The summed E-state index contributed by atoms with van der Waals surface area (Å²) in [5.41, 5.74) is 6.29. The second-order valence-electron chi connectivity index (χ2n) is 6.01. The maximum Gasteiger partial charge on any atom is 0.0471 e. The van der Waals surface area contributed by atoms with Crippen LogP contribution in [0.2, 0.25) is 0 Å². The van der Waals surface area contributed by atoms with Gasteiger partial charge in [-0.05, 0) is 44.1 Å². The minimum atomic E-state index is 0.354. The van der Waals surface area contributed by atoms with Gasteiger partial charge in [-0.1, -0.05) is 19.3 Å². The molecule has 100 valence electrons. The lowest BCUT2D eigenvalue weighted by Crippen LogP contribution is -2.43. The molecule has 1 aliphatic carbocycles. The molecule has 1 saturated carbocycles. The van der Waals surface area contributed by atoms with Crippen molar-refractivity contribution >= 4 is 0 Å². The van der Waals surface area contributed by atoms with Crippen LogP contribution in [0.4, 0.5) is 0 Å². The van der Waals surface area contributed by atoms with Gasteiger partial charge in [-0.3, -0.25) is 0 Å². The third kappa shape index (κ3) is 3.94. The van der Waals surface area contributed by atoms with Crippen LogP contribution in [-0.2, 0) is 0 Å². The first-order chi connectivity index (χ1) is 8.29. The number of aliphatic hydroxyl groups is 1. The summed E-state index contributed by atoms with van der Waals surface area (Å²) in [6.07, 6.45) is 9.00. The summed E-state index contributed by atoms with van der Waals surface area (Å²) in [6, 6.07) is 0.409. The summed E-state index contributed by atoms with van der Waals surface area (Å²) in [5.74, 6) is 1.20. The topological polar surface area (TPSA) is 49.5 Å². The van der Waals surface area contributed by atoms with Crippen LogP contribution in [0.1, 0.15) is 44.9 Å². The van der Waals surface area contributed by atoms with Crippen molar-refractivity contribution in [3.63, 3.8) is 0 Å². The lowest BCUT2D eigenvalue weighted by atomic mass is 9.92. The number of likely N-dealkylation sites (tertiary alicyclic amines) is 1. The van der Waals surface area contributed by atoms with Gasteiger partial charge in [-0.25, -0.2) is 0 Å². The van der Waals surface area contributed by atoms with Crippen molar-refractivity contribution in [2.45, 2.75) is 51.0 Å². The van der Waals surface area contributed by atoms with E-state index in [4.69, 9.17) is 5.73 Å². The van der Waals surface area contributed by atoms with Gasteiger partial charge in [0.25, 0.3) is 0 Å². The van der Waals surface area contributed by atoms with Crippen LogP contribution in [0, 0.1) is 11.8 Å². The van der Waals surface area contributed by atoms with E-state index in [0.717, 1.165) is 13.1 Å². The highest BCUT2D eigenvalue weighted by Crippen LogP contribution is 2.25. The molecule has 0 bridgehead atoms. The third-order valence-electron chi connectivity index (χ3n) is 4.57. The van der Waals surface area contributed by atoms with Gasteiger partial charge in [0.15, 0.2) is 0 Å². The first-order valence-electron chi connectivity index (χ1n) is 7.38. The number of nitrogens with two attached hydrogens (primary N) is 1. The van der Waals surface area contributed by atoms with Crippen LogP contribution in [-0.4, -0.2) is 42.3 Å². The minimum Gasteiger partial charge on any atom is -0.396 e. The molecule has 3 N–H and O–H groups in total. The quantitative estimate of drug-likeness (QED) is 0.737. The maximum atomic E-state index is 9.26. The molecule has 1 aliphatic heterocycles. The molecule has 3 unspecified atom stereocenters. The normalized spacial score (nSPS) is 36.7. The molecule has 0 amide bonds. The fourth-order valence-corrected chi connectivity index (χ4v) is 3.44. The largest absolute Gasteiger partial charge is 0.396 e. The standard InChI is InChI=1S/C14H28N2O/c15-14-7-3-1-2-6-13(14)10-16-8-4-5-12(9-16)11-17/h12-14,17H,1-11,15H2. The predicted octanol–water partition coefficient (Wildman–Crippen LogP) is 1.60. The van der Waals surface area contributed by atoms with Crippen LogP contribution in [0.3, 0.4) is 0 Å². The average Bonchev–Trinajstić information content (AvgIpc) is 2.55. The van der Waals surface area contributed by atoms with Crippen molar-refractivity contribution in [2.75, 3.05) is 26.2 Å². The zero-order chi connectivity index (χ0) is 12.1. The smallest absolute Gasteiger partial charge is 0.0471 e. The molecule has 0 aromatic heterocycles. The minimum absolute atomic E-state index is 0.354. The predicted molar refractivity (Wildman–Crippen MR) is 70.8 cm³/mol. The summed E-state index contributed by atoms with van der Waals surface area (Å²) in [7, 11) is 0. The van der Waals surface area contributed by atoms with Crippen molar-refractivity contribution in [1.82, 2.24) is 4.90 Å². The molecule has 1 saturated heterocycles. The molecule has 3 heteroatoms. The SMILES string of the molecule is NC1CCCCCC1CN1CCCC(CO)C1. The molecular weight excluding hydrogens is 212 g/mol. The summed E-state index contributed by atoms with van der Waals surface area (Å²) < 4.78 is 0. The van der Waals surface area contributed by atoms with E-state index in [-0.39, 0.29) is 0 Å². The number of hydrogen-bond acceptors (Lipinski definition) is 3. The van der Waals surface area contributed by atoms with E-state index in [1.54, 1.807) is 0 Å². The van der Waals surface area contributed by atoms with Gasteiger partial charge >= 0.3 is 0 Å². The molecule has 2 aliphatic rings. The van der Waals surface area contributed by atoms with Crippen LogP contribution in [0.5, 0.6) is 0 Å². The van der Waals surface area contributed by atoms with Gasteiger partial charge in [0, 0.05) is 25.7 Å². The van der Waals surface area contributed by atoms with E-state index in [1.807, 2.05) is 0 Å². The first kappa shape index (κ1) is 13.3. The van der Waals surface area contributed by atoms with Crippen LogP contribution in [0.25, 0.3) is 0 Å². The highest BCUT2D eigenvalue weighted by molar-refractivity contribution is 4.81. The molecular formula is C14H28N2O. The van der Waals surface area contributed by atoms with Gasteiger partial charge < -0.3 is 15.7 Å². The van der Waals surface area contributed by atoms with E-state index in [1.165, 1.54) is 51.5 Å². The van der Waals surface area contributed by atoms with Gasteiger partial charge in [0.1, 0.15) is 0 Å². The molecule has 0 aromatic rings. The van der Waals surface area contributed by atoms with Crippen molar-refractivity contribution in [2.24, 2.45) is 17.6 Å². The van der Waals surface area contributed by atoms with Gasteiger partial charge in [-0.2, -0.15) is 0 Å². The number of aliphatic hydroxyl groups excluding tert-OH is 1. The Bertz CT molecular complexity index is 222. The summed E-state index contributed by atoms with van der Waals surface area (Å²) >= 11 is 0. The lowest BCUT2D eigenvalue weighted by Gasteiger charge is -2.35. The maximum absolute atomic E-state index is 9.26. The number of piperidine rings is 1. The highest BCUT2D eigenvalue weighted by atomic mass is 16.3. The van der Waals surface area contributed by atoms with E-state index >= 15 is 0 Å². The Morgan fingerprint density at radius 3 is 2.71 bits per heavy atom. The van der Waals surface area contributed by atoms with E-state index in [9.17, 15) is 5.11 Å². The number of nitrogens with zero attached hydrogens (tertiary/aromatic N) is 1. The van der Waals surface area contributed by atoms with Crippen LogP contribution >= 0.6 is 0 Å². The Kier molecular flexibility index (Phi) is 5.26. The Labute approximate surface area is 105 Å². The monoisotopic (exact) mass is 240 g/mol. The summed E-state index contributed by atoms with van der Waals surface area (Å²) in [6.45, 7) is 3.81. The Balaban J connectivity index is 1.81. The van der Waals surface area contributed by atoms with E-state index in [2.05, 4.69) is 4.90 Å². The number of hydrogen-bond donors (Lipinski definition) is 2. The average molecular weight is 240 g/mol. The Hall–Kier alpha value is -0.120. The molecule has 3 atom stereocenters. The highest BCUT2D eigenvalue weighted by Gasteiger charge is 2.25. The van der Waals surface area contributed by atoms with Gasteiger partial charge in [0.2, 0.25) is 0 Å². The Morgan fingerprint density at radius 1 is 1.06 bits per heavy atom. The van der Waals surface area contributed by atoms with Crippen LogP contribution in [0.15, 0.2) is 0 Å². The molecule has 0 aromatic carbocycles.